The van der Waals surface area contributed by atoms with Crippen molar-refractivity contribution in [2.75, 3.05) is 24.3 Å². The van der Waals surface area contributed by atoms with E-state index >= 15 is 0 Å². The second kappa shape index (κ2) is 7.74. The average Bonchev–Trinajstić information content (AvgIpc) is 2.36. The molecule has 1 unspecified atom stereocenters. The Morgan fingerprint density at radius 2 is 2.22 bits per heavy atom. The summed E-state index contributed by atoms with van der Waals surface area (Å²) in [6.45, 7) is -0.153. The summed E-state index contributed by atoms with van der Waals surface area (Å²) in [6.07, 6.45) is -0.597. The normalized spacial score (nSPS) is 12.2. The van der Waals surface area contributed by atoms with Gasteiger partial charge in [-0.2, -0.15) is 0 Å². The fourth-order valence-electron chi connectivity index (χ4n) is 1.42. The molecule has 0 spiro atoms. The minimum Gasteiger partial charge on any atom is -0.394 e. The molecule has 100 valence electrons. The first kappa shape index (κ1) is 15.4. The van der Waals surface area contributed by atoms with Crippen LogP contribution in [-0.2, 0) is 0 Å². The third kappa shape index (κ3) is 4.57. The fraction of sp³-hybridized carbons (Fsp3) is 0.417. The van der Waals surface area contributed by atoms with Crippen LogP contribution in [0.25, 0.3) is 0 Å². The number of anilines is 1. The van der Waals surface area contributed by atoms with Crippen molar-refractivity contribution in [2.24, 2.45) is 0 Å². The van der Waals surface area contributed by atoms with Crippen molar-refractivity contribution in [3.05, 3.63) is 28.2 Å². The first-order valence-corrected chi connectivity index (χ1v) is 6.82. The number of carbonyl (C=O) groups excluding carboxylic acids is 1. The topological polar surface area (TPSA) is 69.6 Å². The molecule has 0 aliphatic heterocycles. The van der Waals surface area contributed by atoms with Crippen LogP contribution in [0.3, 0.4) is 0 Å². The number of nitrogens with one attached hydrogen (secondary N) is 1. The molecule has 1 rings (SSSR count). The lowest BCUT2D eigenvalue weighted by atomic mass is 10.1. The molecule has 1 aromatic rings. The monoisotopic (exact) mass is 335 g/mol. The van der Waals surface area contributed by atoms with Gasteiger partial charge in [0.2, 0.25) is 0 Å². The van der Waals surface area contributed by atoms with Gasteiger partial charge in [-0.1, -0.05) is 15.9 Å². The Bertz CT molecular complexity index is 414. The molecule has 3 N–H and O–H groups in total. The predicted octanol–water partition coefficient (Wildman–Crippen LogP) is 2.03. The predicted molar refractivity (Wildman–Crippen MR) is 75.4 cm³/mol. The number of alkyl halides is 1. The van der Waals surface area contributed by atoms with E-state index in [1.54, 1.807) is 18.2 Å². The van der Waals surface area contributed by atoms with Gasteiger partial charge in [-0.25, -0.2) is 0 Å². The quantitative estimate of drug-likeness (QED) is 0.526. The smallest absolute Gasteiger partial charge is 0.166 e. The maximum absolute atomic E-state index is 11.8. The number of aliphatic hydroxyl groups is 2. The zero-order valence-electron chi connectivity index (χ0n) is 9.70. The van der Waals surface area contributed by atoms with Crippen LogP contribution in [-0.4, -0.2) is 41.1 Å². The number of benzene rings is 1. The Labute approximate surface area is 119 Å². The summed E-state index contributed by atoms with van der Waals surface area (Å²) in [7, 11) is 0. The number of aliphatic hydroxyl groups excluding tert-OH is 2. The Balaban J connectivity index is 2.86. The van der Waals surface area contributed by atoms with Crippen LogP contribution in [0.5, 0.6) is 0 Å². The summed E-state index contributed by atoms with van der Waals surface area (Å²) in [5.74, 6) is 0.214. The van der Waals surface area contributed by atoms with E-state index in [0.29, 0.717) is 11.3 Å². The molecule has 0 saturated heterocycles. The summed E-state index contributed by atoms with van der Waals surface area (Å²) in [6, 6.07) is 5.23. The van der Waals surface area contributed by atoms with Gasteiger partial charge in [-0.15, -0.1) is 11.6 Å². The van der Waals surface area contributed by atoms with Gasteiger partial charge in [0.15, 0.2) is 5.78 Å². The van der Waals surface area contributed by atoms with Crippen LogP contribution in [0, 0.1) is 0 Å². The van der Waals surface area contributed by atoms with Gasteiger partial charge in [0.1, 0.15) is 0 Å². The third-order valence-electron chi connectivity index (χ3n) is 2.34. The summed E-state index contributed by atoms with van der Waals surface area (Å²) >= 11 is 8.88. The minimum absolute atomic E-state index is 0.0570. The Morgan fingerprint density at radius 1 is 1.50 bits per heavy atom. The standard InChI is InChI=1S/C12H15BrClNO3/c13-8-1-2-10(12(18)3-4-14)11(5-8)15-6-9(17)7-16/h1-2,5,9,15-17H,3-4,6-7H2. The maximum atomic E-state index is 11.8. The van der Waals surface area contributed by atoms with E-state index in [1.165, 1.54) is 0 Å². The number of rotatable bonds is 7. The third-order valence-corrected chi connectivity index (χ3v) is 3.02. The van der Waals surface area contributed by atoms with Crippen LogP contribution >= 0.6 is 27.5 Å². The first-order chi connectivity index (χ1) is 8.58. The van der Waals surface area contributed by atoms with Crippen molar-refractivity contribution in [1.82, 2.24) is 0 Å². The second-order valence-corrected chi connectivity index (χ2v) is 5.06. The lowest BCUT2D eigenvalue weighted by Crippen LogP contribution is -2.23. The SMILES string of the molecule is O=C(CCCl)c1ccc(Br)cc1NCC(O)CO. The summed E-state index contributed by atoms with van der Waals surface area (Å²) in [4.78, 5) is 11.8. The minimum atomic E-state index is -0.861. The van der Waals surface area contributed by atoms with E-state index in [1.807, 2.05) is 0 Å². The number of hydrogen-bond donors (Lipinski definition) is 3. The lowest BCUT2D eigenvalue weighted by molar-refractivity contribution is 0.0988. The van der Waals surface area contributed by atoms with Gasteiger partial charge in [0.25, 0.3) is 0 Å². The van der Waals surface area contributed by atoms with E-state index in [0.717, 1.165) is 4.47 Å². The number of carbonyl (C=O) groups is 1. The van der Waals surface area contributed by atoms with Crippen molar-refractivity contribution in [3.63, 3.8) is 0 Å². The van der Waals surface area contributed by atoms with Gasteiger partial charge < -0.3 is 15.5 Å². The van der Waals surface area contributed by atoms with E-state index < -0.39 is 6.10 Å². The van der Waals surface area contributed by atoms with Crippen molar-refractivity contribution < 1.29 is 15.0 Å². The molecule has 4 nitrogen and oxygen atoms in total. The van der Waals surface area contributed by atoms with Gasteiger partial charge in [-0.05, 0) is 18.2 Å². The second-order valence-electron chi connectivity index (χ2n) is 3.77. The zero-order valence-corrected chi connectivity index (χ0v) is 12.0. The van der Waals surface area contributed by atoms with Crippen LogP contribution in [0.1, 0.15) is 16.8 Å². The van der Waals surface area contributed by atoms with E-state index in [2.05, 4.69) is 21.2 Å². The molecule has 0 radical (unpaired) electrons. The Morgan fingerprint density at radius 3 is 2.83 bits per heavy atom. The highest BCUT2D eigenvalue weighted by atomic mass is 79.9. The number of Topliss-reactive ketones (excluding diaryl/α,β-unsaturated/α-hetero) is 1. The molecule has 0 saturated carbocycles. The molecule has 0 fully saturated rings. The summed E-state index contributed by atoms with van der Waals surface area (Å²) < 4.78 is 0.825. The zero-order chi connectivity index (χ0) is 13.5. The van der Waals surface area contributed by atoms with Crippen LogP contribution < -0.4 is 5.32 Å². The molecule has 1 atom stereocenters. The molecule has 1 aromatic carbocycles. The van der Waals surface area contributed by atoms with Gasteiger partial charge in [-0.3, -0.25) is 4.79 Å². The highest BCUT2D eigenvalue weighted by Crippen LogP contribution is 2.23. The fourth-order valence-corrected chi connectivity index (χ4v) is 1.95. The van der Waals surface area contributed by atoms with Gasteiger partial charge in [0, 0.05) is 34.6 Å². The van der Waals surface area contributed by atoms with Crippen molar-refractivity contribution in [1.29, 1.82) is 0 Å². The van der Waals surface area contributed by atoms with E-state index in [9.17, 15) is 9.90 Å². The van der Waals surface area contributed by atoms with Crippen LogP contribution in [0.15, 0.2) is 22.7 Å². The van der Waals surface area contributed by atoms with Gasteiger partial charge >= 0.3 is 0 Å². The molecular weight excluding hydrogens is 321 g/mol. The highest BCUT2D eigenvalue weighted by Gasteiger charge is 2.12. The molecule has 0 heterocycles. The Hall–Kier alpha value is -0.620. The van der Waals surface area contributed by atoms with Crippen molar-refractivity contribution in [3.8, 4) is 0 Å². The molecule has 0 aliphatic rings. The molecule has 0 aromatic heterocycles. The lowest BCUT2D eigenvalue weighted by Gasteiger charge is -2.14. The van der Waals surface area contributed by atoms with Crippen LogP contribution in [0.4, 0.5) is 5.69 Å². The number of halogens is 2. The molecule has 18 heavy (non-hydrogen) atoms. The Kier molecular flexibility index (Phi) is 6.63. The summed E-state index contributed by atoms with van der Waals surface area (Å²) in [5.41, 5.74) is 1.15. The molecule has 6 heteroatoms. The van der Waals surface area contributed by atoms with Crippen molar-refractivity contribution >= 4 is 39.0 Å². The molecule has 0 bridgehead atoms. The van der Waals surface area contributed by atoms with Crippen molar-refractivity contribution in [2.45, 2.75) is 12.5 Å². The van der Waals surface area contributed by atoms with E-state index in [4.69, 9.17) is 16.7 Å². The summed E-state index contributed by atoms with van der Waals surface area (Å²) in [5, 5.41) is 21.0. The number of hydrogen-bond acceptors (Lipinski definition) is 4. The molecular formula is C12H15BrClNO3. The van der Waals surface area contributed by atoms with Gasteiger partial charge in [0.05, 0.1) is 12.7 Å². The maximum Gasteiger partial charge on any atom is 0.166 e. The number of ketones is 1. The first-order valence-electron chi connectivity index (χ1n) is 5.50. The average molecular weight is 337 g/mol. The van der Waals surface area contributed by atoms with E-state index in [-0.39, 0.29) is 31.2 Å². The van der Waals surface area contributed by atoms with Crippen LogP contribution in [0.2, 0.25) is 0 Å². The largest absolute Gasteiger partial charge is 0.394 e. The highest BCUT2D eigenvalue weighted by molar-refractivity contribution is 9.10. The molecule has 0 aliphatic carbocycles. The molecule has 0 amide bonds.